The van der Waals surface area contributed by atoms with Crippen LogP contribution in [0.15, 0.2) is 16.5 Å². The maximum Gasteiger partial charge on any atom is 0.413 e. The second kappa shape index (κ2) is 4.47. The molecule has 1 N–H and O–H groups in total. The number of hydrogen-bond donors (Lipinski definition) is 1. The highest BCUT2D eigenvalue weighted by molar-refractivity contribution is 5.04. The predicted molar refractivity (Wildman–Crippen MR) is 42.3 cm³/mol. The van der Waals surface area contributed by atoms with Crippen LogP contribution in [0.25, 0.3) is 0 Å². The number of furan rings is 1. The zero-order valence-electron chi connectivity index (χ0n) is 7.52. The molecule has 0 unspecified atom stereocenters. The molecule has 14 heavy (non-hydrogen) atoms. The first-order valence-electron chi connectivity index (χ1n) is 3.94. The quantitative estimate of drug-likeness (QED) is 0.609. The topological polar surface area (TPSA) is 34.4 Å². The van der Waals surface area contributed by atoms with E-state index in [1.54, 1.807) is 19.1 Å². The van der Waals surface area contributed by atoms with Crippen molar-refractivity contribution in [2.24, 2.45) is 0 Å². The number of nitrogens with one attached hydrogen (secondary N) is 1. The van der Waals surface area contributed by atoms with Gasteiger partial charge in [-0.1, -0.05) is 0 Å². The monoisotopic (exact) mass is 209 g/mol. The third-order valence-electron chi connectivity index (χ3n) is 1.38. The first kappa shape index (κ1) is 11.1. The Hall–Kier alpha value is -1.01. The molecule has 0 atom stereocenters. The molecule has 0 saturated carbocycles. The summed E-state index contributed by atoms with van der Waals surface area (Å²) in [6.07, 6.45) is -4.31. The van der Waals surface area contributed by atoms with E-state index in [9.17, 15) is 13.2 Å². The molecule has 0 aromatic carbocycles. The summed E-state index contributed by atoms with van der Waals surface area (Å²) in [5, 5.41) is 0. The van der Waals surface area contributed by atoms with E-state index in [-0.39, 0.29) is 6.54 Å². The molecule has 0 radical (unpaired) electrons. The Labute approximate surface area is 78.8 Å². The van der Waals surface area contributed by atoms with Crippen molar-refractivity contribution in [1.82, 2.24) is 5.48 Å². The van der Waals surface area contributed by atoms with Gasteiger partial charge in [0.05, 0.1) is 6.54 Å². The minimum atomic E-state index is -4.31. The third-order valence-corrected chi connectivity index (χ3v) is 1.38. The molecule has 0 aliphatic rings. The van der Waals surface area contributed by atoms with E-state index in [1.807, 2.05) is 0 Å². The van der Waals surface area contributed by atoms with Crippen LogP contribution in [0.3, 0.4) is 0 Å². The summed E-state index contributed by atoms with van der Waals surface area (Å²) in [6, 6.07) is 3.39. The first-order chi connectivity index (χ1) is 6.47. The van der Waals surface area contributed by atoms with Crippen molar-refractivity contribution >= 4 is 0 Å². The number of alkyl halides is 3. The highest BCUT2D eigenvalue weighted by atomic mass is 19.4. The van der Waals surface area contributed by atoms with Gasteiger partial charge in [-0.2, -0.15) is 18.7 Å². The molecule has 0 aliphatic heterocycles. The zero-order chi connectivity index (χ0) is 10.6. The predicted octanol–water partition coefficient (Wildman–Crippen LogP) is 2.17. The van der Waals surface area contributed by atoms with Crippen molar-refractivity contribution in [3.63, 3.8) is 0 Å². The van der Waals surface area contributed by atoms with Crippen molar-refractivity contribution in [2.45, 2.75) is 19.6 Å². The van der Waals surface area contributed by atoms with Crippen molar-refractivity contribution in [1.29, 1.82) is 0 Å². The van der Waals surface area contributed by atoms with Crippen molar-refractivity contribution in [2.75, 3.05) is 6.61 Å². The Bertz CT molecular complexity index is 282. The van der Waals surface area contributed by atoms with Crippen LogP contribution < -0.4 is 5.48 Å². The molecule has 0 aliphatic carbocycles. The fraction of sp³-hybridized carbons (Fsp3) is 0.500. The molecule has 1 aromatic rings. The van der Waals surface area contributed by atoms with Gasteiger partial charge in [0.15, 0.2) is 6.61 Å². The highest BCUT2D eigenvalue weighted by Crippen LogP contribution is 2.13. The molecule has 3 nitrogen and oxygen atoms in total. The summed E-state index contributed by atoms with van der Waals surface area (Å²) in [5.41, 5.74) is 2.16. The van der Waals surface area contributed by atoms with Crippen LogP contribution in [0.4, 0.5) is 13.2 Å². The van der Waals surface area contributed by atoms with Crippen LogP contribution in [0.1, 0.15) is 11.5 Å². The van der Waals surface area contributed by atoms with Gasteiger partial charge in [-0.05, 0) is 19.1 Å². The molecule has 0 fully saturated rings. The lowest BCUT2D eigenvalue weighted by atomic mass is 10.4. The van der Waals surface area contributed by atoms with Gasteiger partial charge in [0, 0.05) is 0 Å². The minimum absolute atomic E-state index is 0.115. The molecule has 0 amide bonds. The highest BCUT2D eigenvalue weighted by Gasteiger charge is 2.27. The van der Waals surface area contributed by atoms with Crippen molar-refractivity contribution in [3.05, 3.63) is 23.7 Å². The van der Waals surface area contributed by atoms with Crippen LogP contribution >= 0.6 is 0 Å². The first-order valence-corrected chi connectivity index (χ1v) is 3.94. The van der Waals surface area contributed by atoms with Crippen LogP contribution in [-0.4, -0.2) is 12.8 Å². The molecule has 1 heterocycles. The summed E-state index contributed by atoms with van der Waals surface area (Å²) in [5.74, 6) is 1.24. The molecule has 0 spiro atoms. The largest absolute Gasteiger partial charge is 0.465 e. The standard InChI is InChI=1S/C8H10F3NO2/c1-6-2-3-7(14-6)4-12-13-5-8(9,10)11/h2-3,12H,4-5H2,1H3. The lowest BCUT2D eigenvalue weighted by molar-refractivity contribution is -0.190. The summed E-state index contributed by atoms with van der Waals surface area (Å²) >= 11 is 0. The molecular formula is C8H10F3NO2. The van der Waals surface area contributed by atoms with Gasteiger partial charge in [0.1, 0.15) is 11.5 Å². The van der Waals surface area contributed by atoms with Gasteiger partial charge in [-0.15, -0.1) is 0 Å². The maximum atomic E-state index is 11.6. The van der Waals surface area contributed by atoms with Gasteiger partial charge >= 0.3 is 6.18 Å². The number of aryl methyl sites for hydroxylation is 1. The van der Waals surface area contributed by atoms with Crippen LogP contribution in [0.2, 0.25) is 0 Å². The summed E-state index contributed by atoms with van der Waals surface area (Å²) < 4.78 is 39.9. The van der Waals surface area contributed by atoms with E-state index in [0.717, 1.165) is 0 Å². The smallest absolute Gasteiger partial charge is 0.413 e. The van der Waals surface area contributed by atoms with E-state index in [0.29, 0.717) is 11.5 Å². The molecule has 1 rings (SSSR count). The molecular weight excluding hydrogens is 199 g/mol. The average molecular weight is 209 g/mol. The van der Waals surface area contributed by atoms with Crippen LogP contribution in [0.5, 0.6) is 0 Å². The minimum Gasteiger partial charge on any atom is -0.465 e. The summed E-state index contributed by atoms with van der Waals surface area (Å²) in [7, 11) is 0. The molecule has 0 bridgehead atoms. The zero-order valence-corrected chi connectivity index (χ0v) is 7.52. The Balaban J connectivity index is 2.16. The third kappa shape index (κ3) is 4.29. The SMILES string of the molecule is Cc1ccc(CNOCC(F)(F)F)o1. The Morgan fingerprint density at radius 1 is 1.43 bits per heavy atom. The molecule has 80 valence electrons. The van der Waals surface area contributed by atoms with Crippen LogP contribution in [-0.2, 0) is 11.4 Å². The maximum absolute atomic E-state index is 11.6. The summed E-state index contributed by atoms with van der Waals surface area (Å²) in [6.45, 7) is 0.552. The summed E-state index contributed by atoms with van der Waals surface area (Å²) in [4.78, 5) is 4.18. The van der Waals surface area contributed by atoms with E-state index >= 15 is 0 Å². The van der Waals surface area contributed by atoms with E-state index in [4.69, 9.17) is 4.42 Å². The van der Waals surface area contributed by atoms with E-state index < -0.39 is 12.8 Å². The fourth-order valence-electron chi connectivity index (χ4n) is 0.835. The van der Waals surface area contributed by atoms with Gasteiger partial charge in [0.25, 0.3) is 0 Å². The van der Waals surface area contributed by atoms with Gasteiger partial charge < -0.3 is 4.42 Å². The van der Waals surface area contributed by atoms with Gasteiger partial charge in [-0.25, -0.2) is 0 Å². The normalized spacial score (nSPS) is 12.0. The number of hydroxylamine groups is 1. The van der Waals surface area contributed by atoms with Crippen molar-refractivity contribution < 1.29 is 22.4 Å². The second-order valence-corrected chi connectivity index (χ2v) is 2.74. The molecule has 1 aromatic heterocycles. The average Bonchev–Trinajstić information content (AvgIpc) is 2.44. The molecule has 6 heteroatoms. The number of rotatable bonds is 4. The lowest BCUT2D eigenvalue weighted by Crippen LogP contribution is -2.24. The van der Waals surface area contributed by atoms with Gasteiger partial charge in [-0.3, -0.25) is 4.84 Å². The Kier molecular flexibility index (Phi) is 3.54. The van der Waals surface area contributed by atoms with E-state index in [1.165, 1.54) is 0 Å². The lowest BCUT2D eigenvalue weighted by Gasteiger charge is -2.06. The van der Waals surface area contributed by atoms with E-state index in [2.05, 4.69) is 10.3 Å². The Morgan fingerprint density at radius 3 is 2.64 bits per heavy atom. The number of hydrogen-bond acceptors (Lipinski definition) is 3. The Morgan fingerprint density at radius 2 is 2.14 bits per heavy atom. The van der Waals surface area contributed by atoms with Crippen LogP contribution in [0, 0.1) is 6.92 Å². The van der Waals surface area contributed by atoms with Gasteiger partial charge in [0.2, 0.25) is 0 Å². The fourth-order valence-corrected chi connectivity index (χ4v) is 0.835. The number of halogens is 3. The molecule has 0 saturated heterocycles. The second-order valence-electron chi connectivity index (χ2n) is 2.74. The van der Waals surface area contributed by atoms with Crippen molar-refractivity contribution in [3.8, 4) is 0 Å².